The van der Waals surface area contributed by atoms with Crippen LogP contribution in [0.1, 0.15) is 40.0 Å². The summed E-state index contributed by atoms with van der Waals surface area (Å²) in [6.07, 6.45) is 0. The Hall–Kier alpha value is -2.83. The molecule has 0 heterocycles. The predicted molar refractivity (Wildman–Crippen MR) is 120 cm³/mol. The first-order chi connectivity index (χ1) is 14.2. The molecular formula is C23H23ClN2O3S. The van der Waals surface area contributed by atoms with E-state index in [1.165, 1.54) is 30.3 Å². The molecule has 2 N–H and O–H groups in total. The maximum Gasteiger partial charge on any atom is 0.261 e. The van der Waals surface area contributed by atoms with Gasteiger partial charge in [-0.25, -0.2) is 8.42 Å². The number of amides is 1. The number of carbonyl (C=O) groups is 1. The van der Waals surface area contributed by atoms with Gasteiger partial charge in [-0.3, -0.25) is 9.52 Å². The maximum atomic E-state index is 12.8. The maximum absolute atomic E-state index is 12.8. The summed E-state index contributed by atoms with van der Waals surface area (Å²) in [5.74, 6) is -0.381. The Morgan fingerprint density at radius 2 is 1.67 bits per heavy atom. The van der Waals surface area contributed by atoms with Crippen LogP contribution < -0.4 is 10.0 Å². The van der Waals surface area contributed by atoms with Crippen molar-refractivity contribution in [3.63, 3.8) is 0 Å². The van der Waals surface area contributed by atoms with Crippen LogP contribution in [0.2, 0.25) is 5.02 Å². The monoisotopic (exact) mass is 442 g/mol. The summed E-state index contributed by atoms with van der Waals surface area (Å²) in [6, 6.07) is 18.3. The number of benzene rings is 3. The van der Waals surface area contributed by atoms with E-state index >= 15 is 0 Å². The lowest BCUT2D eigenvalue weighted by Gasteiger charge is -2.18. The van der Waals surface area contributed by atoms with Crippen molar-refractivity contribution in [3.8, 4) is 0 Å². The normalized spacial score (nSPS) is 12.3. The number of sulfonamides is 1. The fourth-order valence-electron chi connectivity index (χ4n) is 3.24. The van der Waals surface area contributed by atoms with E-state index in [0.717, 1.165) is 16.7 Å². The van der Waals surface area contributed by atoms with Crippen molar-refractivity contribution < 1.29 is 13.2 Å². The Kier molecular flexibility index (Phi) is 6.48. The van der Waals surface area contributed by atoms with Crippen LogP contribution in [-0.2, 0) is 10.0 Å². The molecule has 7 heteroatoms. The van der Waals surface area contributed by atoms with Crippen molar-refractivity contribution >= 4 is 33.2 Å². The zero-order chi connectivity index (χ0) is 21.9. The van der Waals surface area contributed by atoms with Gasteiger partial charge in [0.1, 0.15) is 0 Å². The summed E-state index contributed by atoms with van der Waals surface area (Å²) in [5.41, 5.74) is 3.69. The van der Waals surface area contributed by atoms with Gasteiger partial charge in [-0.15, -0.1) is 0 Å². The van der Waals surface area contributed by atoms with Gasteiger partial charge in [-0.1, -0.05) is 53.6 Å². The Morgan fingerprint density at radius 3 is 2.33 bits per heavy atom. The molecule has 0 aliphatic carbocycles. The molecule has 5 nitrogen and oxygen atoms in total. The summed E-state index contributed by atoms with van der Waals surface area (Å²) in [4.78, 5) is 13.0. The van der Waals surface area contributed by atoms with Gasteiger partial charge in [0, 0.05) is 5.69 Å². The zero-order valence-corrected chi connectivity index (χ0v) is 18.5. The van der Waals surface area contributed by atoms with Crippen molar-refractivity contribution in [1.29, 1.82) is 0 Å². The lowest BCUT2D eigenvalue weighted by atomic mass is 10.00. The molecule has 0 saturated carbocycles. The second kappa shape index (κ2) is 8.90. The highest BCUT2D eigenvalue weighted by Crippen LogP contribution is 2.25. The van der Waals surface area contributed by atoms with Crippen LogP contribution in [0.15, 0.2) is 71.6 Å². The Morgan fingerprint density at radius 1 is 0.967 bits per heavy atom. The van der Waals surface area contributed by atoms with Crippen molar-refractivity contribution in [2.45, 2.75) is 31.7 Å². The first-order valence-corrected chi connectivity index (χ1v) is 11.3. The third-order valence-electron chi connectivity index (χ3n) is 4.76. The molecule has 3 aromatic rings. The minimum absolute atomic E-state index is 0.134. The van der Waals surface area contributed by atoms with E-state index < -0.39 is 10.0 Å². The topological polar surface area (TPSA) is 75.3 Å². The van der Waals surface area contributed by atoms with Crippen LogP contribution in [0, 0.1) is 13.8 Å². The van der Waals surface area contributed by atoms with Gasteiger partial charge in [-0.2, -0.15) is 0 Å². The van der Waals surface area contributed by atoms with Gasteiger partial charge < -0.3 is 5.32 Å². The van der Waals surface area contributed by atoms with Gasteiger partial charge >= 0.3 is 0 Å². The van der Waals surface area contributed by atoms with Crippen LogP contribution in [-0.4, -0.2) is 14.3 Å². The molecule has 3 rings (SSSR count). The van der Waals surface area contributed by atoms with Gasteiger partial charge in [0.15, 0.2) is 0 Å². The molecule has 0 unspecified atom stereocenters. The van der Waals surface area contributed by atoms with E-state index in [2.05, 4.69) is 16.1 Å². The van der Waals surface area contributed by atoms with E-state index in [1.54, 1.807) is 18.2 Å². The van der Waals surface area contributed by atoms with Crippen LogP contribution in [0.25, 0.3) is 0 Å². The van der Waals surface area contributed by atoms with Crippen LogP contribution in [0.3, 0.4) is 0 Å². The average Bonchev–Trinajstić information content (AvgIpc) is 2.69. The van der Waals surface area contributed by atoms with E-state index in [0.29, 0.717) is 0 Å². The second-order valence-corrected chi connectivity index (χ2v) is 9.26. The average molecular weight is 443 g/mol. The van der Waals surface area contributed by atoms with E-state index in [4.69, 9.17) is 11.6 Å². The number of anilines is 1. The lowest BCUT2D eigenvalue weighted by molar-refractivity contribution is 0.0940. The quantitative estimate of drug-likeness (QED) is 0.547. The minimum atomic E-state index is -3.77. The Bertz CT molecular complexity index is 1180. The fourth-order valence-corrected chi connectivity index (χ4v) is 4.51. The third-order valence-corrected chi connectivity index (χ3v) is 6.48. The van der Waals surface area contributed by atoms with Crippen LogP contribution >= 0.6 is 11.6 Å². The van der Waals surface area contributed by atoms with Crippen molar-refractivity contribution in [2.24, 2.45) is 0 Å². The molecule has 1 atom stereocenters. The highest BCUT2D eigenvalue weighted by molar-refractivity contribution is 7.92. The molecule has 0 saturated heterocycles. The predicted octanol–water partition coefficient (Wildman–Crippen LogP) is 5.25. The zero-order valence-electron chi connectivity index (χ0n) is 16.9. The second-order valence-electron chi connectivity index (χ2n) is 7.17. The largest absolute Gasteiger partial charge is 0.345 e. The molecular weight excluding hydrogens is 420 g/mol. The summed E-state index contributed by atoms with van der Waals surface area (Å²) in [7, 11) is -3.77. The standard InChI is InChI=1S/C23H23ClN2O3S/c1-15-9-11-20(16(2)13-15)17(3)25-23(27)21-14-18(10-12-22(21)24)26-30(28,29)19-7-5-4-6-8-19/h4-14,17,26H,1-3H3,(H,25,27)/t17-/m0/s1. The number of aryl methyl sites for hydroxylation is 2. The van der Waals surface area contributed by atoms with E-state index in [9.17, 15) is 13.2 Å². The molecule has 0 aliphatic rings. The van der Waals surface area contributed by atoms with E-state index in [-0.39, 0.29) is 33.1 Å². The van der Waals surface area contributed by atoms with Gasteiger partial charge in [0.05, 0.1) is 21.5 Å². The lowest BCUT2D eigenvalue weighted by Crippen LogP contribution is -2.27. The van der Waals surface area contributed by atoms with Gasteiger partial charge in [0.2, 0.25) is 0 Å². The fraction of sp³-hybridized carbons (Fsp3) is 0.174. The SMILES string of the molecule is Cc1ccc([C@H](C)NC(=O)c2cc(NS(=O)(=O)c3ccccc3)ccc2Cl)c(C)c1. The molecule has 1 amide bonds. The summed E-state index contributed by atoms with van der Waals surface area (Å²) >= 11 is 6.22. The summed E-state index contributed by atoms with van der Waals surface area (Å²) < 4.78 is 27.6. The first-order valence-electron chi connectivity index (χ1n) is 9.43. The molecule has 0 radical (unpaired) electrons. The number of hydrogen-bond acceptors (Lipinski definition) is 3. The molecule has 156 valence electrons. The highest BCUT2D eigenvalue weighted by Gasteiger charge is 2.18. The number of hydrogen-bond donors (Lipinski definition) is 2. The van der Waals surface area contributed by atoms with Crippen molar-refractivity contribution in [2.75, 3.05) is 4.72 Å². The van der Waals surface area contributed by atoms with E-state index in [1.807, 2.05) is 32.9 Å². The number of halogens is 1. The third kappa shape index (κ3) is 5.01. The number of rotatable bonds is 6. The summed E-state index contributed by atoms with van der Waals surface area (Å²) in [5, 5.41) is 3.17. The smallest absolute Gasteiger partial charge is 0.261 e. The number of carbonyl (C=O) groups excluding carboxylic acids is 1. The molecule has 30 heavy (non-hydrogen) atoms. The molecule has 0 fully saturated rings. The van der Waals surface area contributed by atoms with Crippen LogP contribution in [0.4, 0.5) is 5.69 Å². The Labute approximate surface area is 182 Å². The number of nitrogens with one attached hydrogen (secondary N) is 2. The molecule has 0 aliphatic heterocycles. The highest BCUT2D eigenvalue weighted by atomic mass is 35.5. The van der Waals surface area contributed by atoms with Gasteiger partial charge in [0.25, 0.3) is 15.9 Å². The van der Waals surface area contributed by atoms with Crippen molar-refractivity contribution in [1.82, 2.24) is 5.32 Å². The molecule has 0 aromatic heterocycles. The van der Waals surface area contributed by atoms with Gasteiger partial charge in [-0.05, 0) is 62.2 Å². The van der Waals surface area contributed by atoms with Crippen molar-refractivity contribution in [3.05, 3.63) is 94.0 Å². The molecule has 0 spiro atoms. The summed E-state index contributed by atoms with van der Waals surface area (Å²) in [6.45, 7) is 5.91. The Balaban J connectivity index is 1.81. The first kappa shape index (κ1) is 21.9. The molecule has 3 aromatic carbocycles. The minimum Gasteiger partial charge on any atom is -0.345 e. The molecule has 0 bridgehead atoms. The van der Waals surface area contributed by atoms with Crippen LogP contribution in [0.5, 0.6) is 0 Å².